The fourth-order valence-electron chi connectivity index (χ4n) is 5.33. The summed E-state index contributed by atoms with van der Waals surface area (Å²) >= 11 is 0. The molecule has 4 aromatic rings. The zero-order valence-corrected chi connectivity index (χ0v) is 21.6. The van der Waals surface area contributed by atoms with Crippen molar-refractivity contribution in [3.63, 3.8) is 0 Å². The van der Waals surface area contributed by atoms with Crippen LogP contribution in [0.4, 0.5) is 5.82 Å². The maximum Gasteiger partial charge on any atom is 0.328 e. The van der Waals surface area contributed by atoms with E-state index >= 15 is 0 Å². The first-order valence-corrected chi connectivity index (χ1v) is 13.5. The summed E-state index contributed by atoms with van der Waals surface area (Å²) < 4.78 is 12.9. The maximum atomic E-state index is 12.8. The summed E-state index contributed by atoms with van der Waals surface area (Å²) in [5, 5.41) is 0. The summed E-state index contributed by atoms with van der Waals surface area (Å²) in [5.74, 6) is 0.605. The van der Waals surface area contributed by atoms with Crippen LogP contribution < -0.4 is 16.2 Å². The SMILES string of the molecule is Nc1nc(OCC2CCOCC2)nc2c1[nH]c(=O)n2Cc1ccc(-c2ccc(CN3CCCC3)cc2)cc1. The molecule has 0 amide bonds. The minimum absolute atomic E-state index is 0.192. The Kier molecular flexibility index (Phi) is 7.11. The molecule has 0 aliphatic carbocycles. The fraction of sp³-hybridized carbons (Fsp3) is 0.414. The molecule has 198 valence electrons. The molecule has 0 saturated carbocycles. The number of nitrogens with one attached hydrogen (secondary N) is 1. The van der Waals surface area contributed by atoms with Crippen molar-refractivity contribution >= 4 is 17.0 Å². The van der Waals surface area contributed by atoms with Crippen LogP contribution in [0.2, 0.25) is 0 Å². The Morgan fingerprint density at radius 2 is 1.55 bits per heavy atom. The van der Waals surface area contributed by atoms with Gasteiger partial charge in [-0.3, -0.25) is 9.47 Å². The molecule has 4 heterocycles. The molecule has 0 atom stereocenters. The van der Waals surface area contributed by atoms with E-state index in [1.54, 1.807) is 4.57 Å². The zero-order valence-electron chi connectivity index (χ0n) is 21.6. The number of anilines is 1. The molecule has 0 radical (unpaired) electrons. The van der Waals surface area contributed by atoms with Crippen LogP contribution >= 0.6 is 0 Å². The third-order valence-corrected chi connectivity index (χ3v) is 7.61. The number of H-pyrrole nitrogens is 1. The molecule has 9 heteroatoms. The van der Waals surface area contributed by atoms with Crippen molar-refractivity contribution in [2.75, 3.05) is 38.6 Å². The normalized spacial score (nSPS) is 16.8. The van der Waals surface area contributed by atoms with Crippen LogP contribution in [0.5, 0.6) is 6.01 Å². The molecule has 2 aromatic carbocycles. The van der Waals surface area contributed by atoms with Gasteiger partial charge in [-0.05, 0) is 66.9 Å². The van der Waals surface area contributed by atoms with Crippen molar-refractivity contribution in [3.05, 3.63) is 70.1 Å². The van der Waals surface area contributed by atoms with Gasteiger partial charge >= 0.3 is 11.7 Å². The highest BCUT2D eigenvalue weighted by Gasteiger charge is 2.18. The number of hydrogen-bond donors (Lipinski definition) is 2. The number of nitrogen functional groups attached to an aromatic ring is 1. The number of hydrogen-bond acceptors (Lipinski definition) is 7. The van der Waals surface area contributed by atoms with Gasteiger partial charge in [0.25, 0.3) is 0 Å². The minimum atomic E-state index is -0.278. The number of aromatic nitrogens is 4. The average Bonchev–Trinajstić information content (AvgIpc) is 3.57. The van der Waals surface area contributed by atoms with Gasteiger partial charge in [-0.25, -0.2) is 4.79 Å². The lowest BCUT2D eigenvalue weighted by Crippen LogP contribution is -2.22. The van der Waals surface area contributed by atoms with E-state index in [1.807, 2.05) is 12.1 Å². The summed E-state index contributed by atoms with van der Waals surface area (Å²) in [7, 11) is 0. The van der Waals surface area contributed by atoms with Gasteiger partial charge in [-0.1, -0.05) is 48.5 Å². The van der Waals surface area contributed by atoms with Gasteiger partial charge in [0.1, 0.15) is 5.52 Å². The van der Waals surface area contributed by atoms with Gasteiger partial charge in [0.2, 0.25) is 0 Å². The Balaban J connectivity index is 1.16. The topological polar surface area (TPSA) is 111 Å². The number of likely N-dealkylation sites (tertiary alicyclic amines) is 1. The molecular weight excluding hydrogens is 480 g/mol. The summed E-state index contributed by atoms with van der Waals surface area (Å²) in [5.41, 5.74) is 11.4. The molecule has 2 aromatic heterocycles. The van der Waals surface area contributed by atoms with Gasteiger partial charge in [0, 0.05) is 19.8 Å². The van der Waals surface area contributed by atoms with Gasteiger partial charge < -0.3 is 20.2 Å². The third-order valence-electron chi connectivity index (χ3n) is 7.61. The van der Waals surface area contributed by atoms with E-state index < -0.39 is 0 Å². The first-order chi connectivity index (χ1) is 18.6. The van der Waals surface area contributed by atoms with Crippen LogP contribution in [0.1, 0.15) is 36.8 Å². The molecule has 2 saturated heterocycles. The third kappa shape index (κ3) is 5.44. The molecule has 0 spiro atoms. The lowest BCUT2D eigenvalue weighted by atomic mass is 10.0. The lowest BCUT2D eigenvalue weighted by molar-refractivity contribution is 0.0483. The van der Waals surface area contributed by atoms with Crippen molar-refractivity contribution in [3.8, 4) is 17.1 Å². The highest BCUT2D eigenvalue weighted by Crippen LogP contribution is 2.24. The molecule has 3 N–H and O–H groups in total. The minimum Gasteiger partial charge on any atom is -0.463 e. The van der Waals surface area contributed by atoms with Gasteiger partial charge in [-0.2, -0.15) is 9.97 Å². The fourth-order valence-corrected chi connectivity index (χ4v) is 5.33. The number of rotatable bonds is 8. The summed E-state index contributed by atoms with van der Waals surface area (Å²) in [4.78, 5) is 26.9. The van der Waals surface area contributed by atoms with E-state index in [0.717, 1.165) is 43.7 Å². The van der Waals surface area contributed by atoms with Crippen LogP contribution in [0.15, 0.2) is 53.3 Å². The van der Waals surface area contributed by atoms with E-state index in [9.17, 15) is 4.79 Å². The van der Waals surface area contributed by atoms with Crippen molar-refractivity contribution in [1.82, 2.24) is 24.4 Å². The Morgan fingerprint density at radius 3 is 2.21 bits per heavy atom. The van der Waals surface area contributed by atoms with Crippen molar-refractivity contribution in [2.45, 2.75) is 38.8 Å². The number of nitrogens with zero attached hydrogens (tertiary/aromatic N) is 4. The van der Waals surface area contributed by atoms with Crippen LogP contribution in [0, 0.1) is 5.92 Å². The van der Waals surface area contributed by atoms with Crippen LogP contribution in [0.25, 0.3) is 22.3 Å². The number of aromatic amines is 1. The number of ether oxygens (including phenoxy) is 2. The number of nitrogens with two attached hydrogens (primary N) is 1. The number of benzene rings is 2. The van der Waals surface area contributed by atoms with Crippen molar-refractivity contribution < 1.29 is 9.47 Å². The molecule has 9 nitrogen and oxygen atoms in total. The smallest absolute Gasteiger partial charge is 0.328 e. The Labute approximate surface area is 221 Å². The van der Waals surface area contributed by atoms with E-state index in [1.165, 1.54) is 37.1 Å². The highest BCUT2D eigenvalue weighted by atomic mass is 16.5. The second-order valence-corrected chi connectivity index (χ2v) is 10.4. The highest BCUT2D eigenvalue weighted by molar-refractivity contribution is 5.82. The zero-order chi connectivity index (χ0) is 25.9. The van der Waals surface area contributed by atoms with E-state index in [0.29, 0.717) is 30.2 Å². The molecule has 6 rings (SSSR count). The molecule has 0 bridgehead atoms. The summed E-state index contributed by atoms with van der Waals surface area (Å²) in [6.07, 6.45) is 4.51. The predicted molar refractivity (Wildman–Crippen MR) is 147 cm³/mol. The van der Waals surface area contributed by atoms with E-state index in [-0.39, 0.29) is 17.5 Å². The Bertz CT molecular complexity index is 1430. The van der Waals surface area contributed by atoms with E-state index in [4.69, 9.17) is 15.2 Å². The van der Waals surface area contributed by atoms with Crippen molar-refractivity contribution in [1.29, 1.82) is 0 Å². The van der Waals surface area contributed by atoms with Gasteiger partial charge in [0.05, 0.1) is 13.2 Å². The molecule has 0 unspecified atom stereocenters. The van der Waals surface area contributed by atoms with E-state index in [2.05, 4.69) is 56.3 Å². The first kappa shape index (κ1) is 24.6. The van der Waals surface area contributed by atoms with Gasteiger partial charge in [-0.15, -0.1) is 0 Å². The number of fused-ring (bicyclic) bond motifs is 1. The maximum absolute atomic E-state index is 12.8. The molecule has 38 heavy (non-hydrogen) atoms. The molecule has 2 aliphatic rings. The van der Waals surface area contributed by atoms with Gasteiger partial charge in [0.15, 0.2) is 11.5 Å². The van der Waals surface area contributed by atoms with Crippen LogP contribution in [0.3, 0.4) is 0 Å². The van der Waals surface area contributed by atoms with Crippen LogP contribution in [-0.2, 0) is 17.8 Å². The number of imidazole rings is 1. The Hall–Kier alpha value is -3.69. The monoisotopic (exact) mass is 514 g/mol. The van der Waals surface area contributed by atoms with Crippen LogP contribution in [-0.4, -0.2) is 57.3 Å². The quantitative estimate of drug-likeness (QED) is 0.368. The predicted octanol–water partition coefficient (Wildman–Crippen LogP) is 3.82. The second kappa shape index (κ2) is 11.0. The largest absolute Gasteiger partial charge is 0.463 e. The summed E-state index contributed by atoms with van der Waals surface area (Å²) in [6.45, 7) is 5.78. The molecule has 2 aliphatic heterocycles. The Morgan fingerprint density at radius 1 is 0.921 bits per heavy atom. The standard InChI is InChI=1S/C29H34N6O3/c30-26-25-27(33-28(32-26)38-19-22-11-15-37-16-12-22)35(29(36)31-25)18-21-5-9-24(10-6-21)23-7-3-20(4-8-23)17-34-13-1-2-14-34/h3-10,22H,1-2,11-19H2,(H,31,36)(H2,30,32,33). The molecule has 2 fully saturated rings. The van der Waals surface area contributed by atoms with Crippen molar-refractivity contribution in [2.24, 2.45) is 5.92 Å². The lowest BCUT2D eigenvalue weighted by Gasteiger charge is -2.21. The first-order valence-electron chi connectivity index (χ1n) is 13.5. The molecular formula is C29H34N6O3. The second-order valence-electron chi connectivity index (χ2n) is 10.4. The average molecular weight is 515 g/mol. The summed E-state index contributed by atoms with van der Waals surface area (Å²) in [6, 6.07) is 17.3.